The molecule has 0 heterocycles. The molecular formula is C25H29NO7. The molecule has 0 bridgehead atoms. The Labute approximate surface area is 193 Å². The highest BCUT2D eigenvalue weighted by atomic mass is 16.5. The molecule has 1 N–H and O–H groups in total. The fourth-order valence-corrected chi connectivity index (χ4v) is 3.76. The molecule has 0 saturated heterocycles. The maximum Gasteiger partial charge on any atom is 0.328 e. The van der Waals surface area contributed by atoms with Crippen LogP contribution in [0.4, 0.5) is 0 Å². The van der Waals surface area contributed by atoms with Crippen LogP contribution >= 0.6 is 0 Å². The fourth-order valence-electron chi connectivity index (χ4n) is 3.76. The van der Waals surface area contributed by atoms with E-state index >= 15 is 0 Å². The van der Waals surface area contributed by atoms with Crippen LogP contribution in [-0.4, -0.2) is 51.2 Å². The predicted molar refractivity (Wildman–Crippen MR) is 120 cm³/mol. The number of amides is 1. The van der Waals surface area contributed by atoms with Crippen LogP contribution in [0.1, 0.15) is 25.0 Å². The van der Waals surface area contributed by atoms with Crippen molar-refractivity contribution in [2.45, 2.75) is 25.3 Å². The highest BCUT2D eigenvalue weighted by molar-refractivity contribution is 5.98. The topological polar surface area (TPSA) is 108 Å². The molecule has 0 saturated carbocycles. The maximum atomic E-state index is 13.8. The largest absolute Gasteiger partial charge is 0.468 e. The summed E-state index contributed by atoms with van der Waals surface area (Å²) in [7, 11) is 3.41. The second kappa shape index (κ2) is 11.3. The summed E-state index contributed by atoms with van der Waals surface area (Å²) in [6, 6.07) is 16.9. The highest BCUT2D eigenvalue weighted by Gasteiger charge is 2.45. The van der Waals surface area contributed by atoms with E-state index in [-0.39, 0.29) is 0 Å². The van der Waals surface area contributed by atoms with E-state index in [1.165, 1.54) is 6.92 Å². The first-order valence-electron chi connectivity index (χ1n) is 10.4. The monoisotopic (exact) mass is 455 g/mol. The van der Waals surface area contributed by atoms with Crippen molar-refractivity contribution in [3.05, 3.63) is 71.8 Å². The number of benzene rings is 2. The van der Waals surface area contributed by atoms with Crippen molar-refractivity contribution in [1.29, 1.82) is 0 Å². The Morgan fingerprint density at radius 1 is 0.727 bits per heavy atom. The number of carbonyl (C=O) groups is 4. The lowest BCUT2D eigenvalue weighted by Gasteiger charge is -2.33. The van der Waals surface area contributed by atoms with Crippen molar-refractivity contribution in [2.75, 3.05) is 21.3 Å². The zero-order chi connectivity index (χ0) is 24.6. The minimum Gasteiger partial charge on any atom is -0.468 e. The van der Waals surface area contributed by atoms with E-state index in [0.29, 0.717) is 11.1 Å². The molecule has 33 heavy (non-hydrogen) atoms. The van der Waals surface area contributed by atoms with Crippen molar-refractivity contribution in [2.24, 2.45) is 11.8 Å². The van der Waals surface area contributed by atoms with Gasteiger partial charge in [0.15, 0.2) is 5.92 Å². The molecule has 2 atom stereocenters. The Kier molecular flexibility index (Phi) is 8.73. The summed E-state index contributed by atoms with van der Waals surface area (Å²) in [5.74, 6) is -5.54. The lowest BCUT2D eigenvalue weighted by Crippen LogP contribution is -2.55. The third-order valence-corrected chi connectivity index (χ3v) is 5.86. The lowest BCUT2D eigenvalue weighted by molar-refractivity contribution is -0.163. The third-order valence-electron chi connectivity index (χ3n) is 5.86. The average Bonchev–Trinajstić information content (AvgIpc) is 2.86. The number of hydrogen-bond donors (Lipinski definition) is 1. The van der Waals surface area contributed by atoms with Gasteiger partial charge in [0, 0.05) is 5.92 Å². The van der Waals surface area contributed by atoms with Gasteiger partial charge in [-0.05, 0) is 18.1 Å². The first-order chi connectivity index (χ1) is 15.7. The van der Waals surface area contributed by atoms with Crippen molar-refractivity contribution in [3.63, 3.8) is 0 Å². The second-order valence-electron chi connectivity index (χ2n) is 7.71. The molecule has 2 rings (SSSR count). The van der Waals surface area contributed by atoms with Crippen LogP contribution in [0.25, 0.3) is 0 Å². The van der Waals surface area contributed by atoms with E-state index in [2.05, 4.69) is 5.32 Å². The van der Waals surface area contributed by atoms with E-state index < -0.39 is 47.1 Å². The van der Waals surface area contributed by atoms with Crippen LogP contribution < -0.4 is 5.32 Å². The zero-order valence-electron chi connectivity index (χ0n) is 19.4. The first kappa shape index (κ1) is 25.6. The number of methoxy groups -OCH3 is 3. The van der Waals surface area contributed by atoms with Crippen molar-refractivity contribution < 1.29 is 33.4 Å². The number of hydrogen-bond acceptors (Lipinski definition) is 7. The lowest BCUT2D eigenvalue weighted by atomic mass is 9.75. The molecule has 1 amide bonds. The number of nitrogens with one attached hydrogen (secondary N) is 1. The Balaban J connectivity index is 2.52. The van der Waals surface area contributed by atoms with Crippen LogP contribution in [0.3, 0.4) is 0 Å². The third kappa shape index (κ3) is 5.39. The fraction of sp³-hybridized carbons (Fsp3) is 0.360. The van der Waals surface area contributed by atoms with Gasteiger partial charge < -0.3 is 19.5 Å². The standard InChI is InChI=1S/C25H29NO7/c1-16(19(21(27)31-3)22(28)32-4)20(23(29)33-5)26-24(30)25(2,17-12-8-6-9-13-17)18-14-10-7-11-15-18/h6-16,19-20H,1-5H3,(H,26,30)/t16-,20+/m1/s1. The van der Waals surface area contributed by atoms with Gasteiger partial charge >= 0.3 is 17.9 Å². The number of esters is 3. The minimum atomic E-state index is -1.44. The molecule has 0 fully saturated rings. The van der Waals surface area contributed by atoms with Gasteiger partial charge in [0.1, 0.15) is 6.04 Å². The predicted octanol–water partition coefficient (Wildman–Crippen LogP) is 2.25. The Morgan fingerprint density at radius 3 is 1.48 bits per heavy atom. The van der Waals surface area contributed by atoms with Gasteiger partial charge in [-0.3, -0.25) is 14.4 Å². The SMILES string of the molecule is COC(=O)C(C(=O)OC)[C@@H](C)[C@H](NC(=O)C(C)(c1ccccc1)c1ccccc1)C(=O)OC. The number of carbonyl (C=O) groups excluding carboxylic acids is 4. The second-order valence-corrected chi connectivity index (χ2v) is 7.71. The van der Waals surface area contributed by atoms with Gasteiger partial charge in [-0.2, -0.15) is 0 Å². The van der Waals surface area contributed by atoms with E-state index in [9.17, 15) is 19.2 Å². The number of rotatable bonds is 9. The van der Waals surface area contributed by atoms with Gasteiger partial charge in [-0.15, -0.1) is 0 Å². The summed E-state index contributed by atoms with van der Waals surface area (Å²) in [4.78, 5) is 51.0. The normalized spacial score (nSPS) is 12.9. The molecule has 2 aromatic rings. The van der Waals surface area contributed by atoms with Crippen molar-refractivity contribution >= 4 is 23.8 Å². The summed E-state index contributed by atoms with van der Waals surface area (Å²) < 4.78 is 14.3. The quantitative estimate of drug-likeness (QED) is 0.351. The molecule has 8 heteroatoms. The molecule has 0 spiro atoms. The maximum absolute atomic E-state index is 13.8. The van der Waals surface area contributed by atoms with Crippen LogP contribution in [0, 0.1) is 11.8 Å². The summed E-state index contributed by atoms with van der Waals surface area (Å²) in [5.41, 5.74) is 0.213. The van der Waals surface area contributed by atoms with Crippen molar-refractivity contribution in [1.82, 2.24) is 5.32 Å². The van der Waals surface area contributed by atoms with E-state index in [1.807, 2.05) is 60.7 Å². The van der Waals surface area contributed by atoms with Gasteiger partial charge in [0.05, 0.1) is 26.7 Å². The van der Waals surface area contributed by atoms with E-state index in [0.717, 1.165) is 21.3 Å². The van der Waals surface area contributed by atoms with Crippen molar-refractivity contribution in [3.8, 4) is 0 Å². The smallest absolute Gasteiger partial charge is 0.328 e. The van der Waals surface area contributed by atoms with Crippen LogP contribution in [0.15, 0.2) is 60.7 Å². The molecule has 8 nitrogen and oxygen atoms in total. The van der Waals surface area contributed by atoms with Crippen LogP contribution in [0.5, 0.6) is 0 Å². The summed E-state index contributed by atoms with van der Waals surface area (Å²) in [5, 5.41) is 2.71. The zero-order valence-corrected chi connectivity index (χ0v) is 19.4. The molecule has 0 unspecified atom stereocenters. The number of ether oxygens (including phenoxy) is 3. The van der Waals surface area contributed by atoms with E-state index in [4.69, 9.17) is 14.2 Å². The van der Waals surface area contributed by atoms with Crippen LogP contribution in [-0.2, 0) is 38.8 Å². The van der Waals surface area contributed by atoms with Gasteiger partial charge in [0.25, 0.3) is 0 Å². The van der Waals surface area contributed by atoms with E-state index in [1.54, 1.807) is 6.92 Å². The highest BCUT2D eigenvalue weighted by Crippen LogP contribution is 2.33. The van der Waals surface area contributed by atoms with Gasteiger partial charge in [-0.25, -0.2) is 4.79 Å². The Morgan fingerprint density at radius 2 is 1.12 bits per heavy atom. The molecule has 0 aromatic heterocycles. The first-order valence-corrected chi connectivity index (χ1v) is 10.4. The molecule has 176 valence electrons. The summed E-state index contributed by atoms with van der Waals surface area (Å²) in [6.07, 6.45) is 0. The minimum absolute atomic E-state index is 0.504. The van der Waals surface area contributed by atoms with Crippen LogP contribution in [0.2, 0.25) is 0 Å². The Hall–Kier alpha value is -3.68. The molecule has 0 aliphatic rings. The Bertz CT molecular complexity index is 919. The molecule has 0 aliphatic carbocycles. The molecule has 0 radical (unpaired) electrons. The molecule has 2 aromatic carbocycles. The summed E-state index contributed by atoms with van der Waals surface area (Å²) >= 11 is 0. The average molecular weight is 456 g/mol. The molecule has 0 aliphatic heterocycles. The molecular weight excluding hydrogens is 426 g/mol. The van der Waals surface area contributed by atoms with Gasteiger partial charge in [-0.1, -0.05) is 67.6 Å². The van der Waals surface area contributed by atoms with Gasteiger partial charge in [0.2, 0.25) is 5.91 Å². The summed E-state index contributed by atoms with van der Waals surface area (Å²) in [6.45, 7) is 3.22.